The maximum atomic E-state index is 13.7. The first-order valence-corrected chi connectivity index (χ1v) is 13.2. The van der Waals surface area contributed by atoms with E-state index in [1.165, 1.54) is 4.57 Å². The quantitative estimate of drug-likeness (QED) is 0.350. The van der Waals surface area contributed by atoms with E-state index in [0.717, 1.165) is 18.4 Å². The molecule has 0 atom stereocenters. The molecule has 2 N–H and O–H groups in total. The maximum Gasteiger partial charge on any atom is 0.276 e. The summed E-state index contributed by atoms with van der Waals surface area (Å²) >= 11 is 0. The number of carbonyl (C=O) groups excluding carboxylic acids is 1. The van der Waals surface area contributed by atoms with Crippen molar-refractivity contribution in [1.29, 1.82) is 0 Å². The number of aliphatic hydroxyl groups excluding tert-OH is 1. The van der Waals surface area contributed by atoms with Gasteiger partial charge in [0.25, 0.3) is 11.5 Å². The average molecular weight is 527 g/mol. The first-order valence-electron chi connectivity index (χ1n) is 13.2. The third-order valence-electron chi connectivity index (χ3n) is 7.49. The molecule has 9 heteroatoms. The number of aryl methyl sites for hydroxylation is 1. The van der Waals surface area contributed by atoms with Crippen molar-refractivity contribution in [2.75, 3.05) is 16.8 Å². The van der Waals surface area contributed by atoms with Crippen LogP contribution in [0.3, 0.4) is 0 Å². The van der Waals surface area contributed by atoms with Gasteiger partial charge in [-0.05, 0) is 53.3 Å². The molecule has 4 aromatic heterocycles. The second kappa shape index (κ2) is 10.5. The number of amides is 1. The minimum absolute atomic E-state index is 0.140. The lowest BCUT2D eigenvalue weighted by Crippen LogP contribution is -2.41. The molecular weight excluding hydrogens is 492 g/mol. The number of hydrogen-bond acceptors (Lipinski definition) is 6. The van der Waals surface area contributed by atoms with Crippen molar-refractivity contribution in [3.63, 3.8) is 0 Å². The normalized spacial score (nSPS) is 13.5. The van der Waals surface area contributed by atoms with Gasteiger partial charge in [-0.2, -0.15) is 0 Å². The molecule has 0 saturated heterocycles. The number of nitrogens with one attached hydrogen (secondary N) is 1. The molecule has 0 aliphatic carbocycles. The third-order valence-corrected chi connectivity index (χ3v) is 7.49. The van der Waals surface area contributed by atoms with Gasteiger partial charge in [-0.1, -0.05) is 33.3 Å². The Hall–Kier alpha value is -4.24. The van der Waals surface area contributed by atoms with Gasteiger partial charge in [-0.15, -0.1) is 0 Å². The Balaban J connectivity index is 1.51. The van der Waals surface area contributed by atoms with Gasteiger partial charge in [0.15, 0.2) is 0 Å². The Morgan fingerprint density at radius 3 is 2.59 bits per heavy atom. The zero-order valence-electron chi connectivity index (χ0n) is 22.8. The SMILES string of the molecule is CCC(C)(C)Cc1cc2n(c1)CCN(c1nccc(-c3cc(Nc4ccccn4)c(=O)n(C)c3)c1CO)C2=O. The van der Waals surface area contributed by atoms with Gasteiger partial charge >= 0.3 is 0 Å². The monoisotopic (exact) mass is 526 g/mol. The van der Waals surface area contributed by atoms with Crippen LogP contribution in [0.25, 0.3) is 11.1 Å². The minimum Gasteiger partial charge on any atom is -0.392 e. The van der Waals surface area contributed by atoms with Gasteiger partial charge < -0.3 is 19.6 Å². The molecule has 1 aliphatic heterocycles. The molecule has 0 spiro atoms. The molecule has 5 heterocycles. The number of rotatable bonds is 8. The van der Waals surface area contributed by atoms with Crippen LogP contribution in [0, 0.1) is 5.41 Å². The summed E-state index contributed by atoms with van der Waals surface area (Å²) < 4.78 is 3.50. The fourth-order valence-corrected chi connectivity index (χ4v) is 5.02. The van der Waals surface area contributed by atoms with Crippen molar-refractivity contribution in [3.8, 4) is 11.1 Å². The van der Waals surface area contributed by atoms with Crippen molar-refractivity contribution < 1.29 is 9.90 Å². The summed E-state index contributed by atoms with van der Waals surface area (Å²) in [5.74, 6) is 0.836. The van der Waals surface area contributed by atoms with Crippen LogP contribution in [0.5, 0.6) is 0 Å². The van der Waals surface area contributed by atoms with Gasteiger partial charge in [0.1, 0.15) is 23.0 Å². The van der Waals surface area contributed by atoms with E-state index in [2.05, 4.69) is 42.3 Å². The average Bonchev–Trinajstić information content (AvgIpc) is 3.34. The van der Waals surface area contributed by atoms with Crippen molar-refractivity contribution >= 4 is 23.2 Å². The van der Waals surface area contributed by atoms with Crippen LogP contribution in [0.15, 0.2) is 66.0 Å². The predicted octanol–water partition coefficient (Wildman–Crippen LogP) is 4.52. The second-order valence-corrected chi connectivity index (χ2v) is 10.8. The highest BCUT2D eigenvalue weighted by molar-refractivity contribution is 6.06. The number of pyridine rings is 3. The number of anilines is 3. The van der Waals surface area contributed by atoms with Crippen LogP contribution in [-0.2, 0) is 26.6 Å². The first kappa shape index (κ1) is 26.4. The lowest BCUT2D eigenvalue weighted by atomic mass is 9.84. The topological polar surface area (TPSA) is 105 Å². The van der Waals surface area contributed by atoms with Gasteiger partial charge in [0.2, 0.25) is 0 Å². The van der Waals surface area contributed by atoms with Crippen molar-refractivity contribution in [1.82, 2.24) is 19.1 Å². The van der Waals surface area contributed by atoms with Crippen LogP contribution >= 0.6 is 0 Å². The van der Waals surface area contributed by atoms with E-state index in [1.54, 1.807) is 54.8 Å². The molecule has 1 amide bonds. The number of fused-ring (bicyclic) bond motifs is 1. The molecule has 0 fully saturated rings. The lowest BCUT2D eigenvalue weighted by Gasteiger charge is -2.29. The van der Waals surface area contributed by atoms with E-state index in [1.807, 2.05) is 16.7 Å². The molecule has 202 valence electrons. The van der Waals surface area contributed by atoms with Crippen LogP contribution in [0.2, 0.25) is 0 Å². The van der Waals surface area contributed by atoms with Crippen LogP contribution < -0.4 is 15.8 Å². The largest absolute Gasteiger partial charge is 0.392 e. The summed E-state index contributed by atoms with van der Waals surface area (Å²) in [5, 5.41) is 13.6. The lowest BCUT2D eigenvalue weighted by molar-refractivity contribution is 0.0964. The summed E-state index contributed by atoms with van der Waals surface area (Å²) in [5.41, 5.74) is 4.00. The third kappa shape index (κ3) is 5.22. The zero-order valence-corrected chi connectivity index (χ0v) is 22.8. The van der Waals surface area contributed by atoms with Crippen LogP contribution in [0.1, 0.15) is 48.8 Å². The zero-order chi connectivity index (χ0) is 27.7. The molecule has 5 rings (SSSR count). The molecule has 1 aliphatic rings. The molecule has 0 aromatic carbocycles. The van der Waals surface area contributed by atoms with E-state index in [-0.39, 0.29) is 23.5 Å². The van der Waals surface area contributed by atoms with Crippen molar-refractivity contribution in [2.45, 2.75) is 46.8 Å². The smallest absolute Gasteiger partial charge is 0.276 e. The Morgan fingerprint density at radius 2 is 1.87 bits per heavy atom. The molecule has 0 radical (unpaired) electrons. The Morgan fingerprint density at radius 1 is 1.05 bits per heavy atom. The standard InChI is InChI=1S/C30H34N6O3/c1-5-30(2,3)16-20-14-25-29(39)36(13-12-35(25)17-20)27-23(19-37)22(9-11-32-27)21-15-24(28(38)34(4)18-21)33-26-8-6-7-10-31-26/h6-11,14-15,17-18,37H,5,12-13,16,19H2,1-4H3,(H,31,33). The molecule has 9 nitrogen and oxygen atoms in total. The number of aromatic nitrogens is 4. The summed E-state index contributed by atoms with van der Waals surface area (Å²) in [7, 11) is 1.68. The molecular formula is C30H34N6O3. The van der Waals surface area contributed by atoms with Crippen molar-refractivity contribution in [3.05, 3.63) is 88.4 Å². The molecule has 0 saturated carbocycles. The van der Waals surface area contributed by atoms with E-state index in [4.69, 9.17) is 0 Å². The first-order chi connectivity index (χ1) is 18.7. The van der Waals surface area contributed by atoms with Gasteiger partial charge in [0, 0.05) is 56.1 Å². The van der Waals surface area contributed by atoms with Crippen LogP contribution in [-0.4, -0.2) is 36.7 Å². The second-order valence-electron chi connectivity index (χ2n) is 10.8. The number of carbonyl (C=O) groups is 1. The molecule has 39 heavy (non-hydrogen) atoms. The van der Waals surface area contributed by atoms with Crippen molar-refractivity contribution in [2.24, 2.45) is 12.5 Å². The minimum atomic E-state index is -0.314. The Labute approximate surface area is 227 Å². The van der Waals surface area contributed by atoms with E-state index >= 15 is 0 Å². The molecule has 0 unspecified atom stereocenters. The Kier molecular flexibility index (Phi) is 7.10. The number of hydrogen-bond donors (Lipinski definition) is 2. The fraction of sp³-hybridized carbons (Fsp3) is 0.333. The van der Waals surface area contributed by atoms with Crippen LogP contribution in [0.4, 0.5) is 17.3 Å². The highest BCUT2D eigenvalue weighted by atomic mass is 16.3. The Bertz CT molecular complexity index is 1570. The van der Waals surface area contributed by atoms with E-state index in [0.29, 0.717) is 52.8 Å². The summed E-state index contributed by atoms with van der Waals surface area (Å²) in [4.78, 5) is 36.9. The van der Waals surface area contributed by atoms with Gasteiger partial charge in [-0.25, -0.2) is 9.97 Å². The number of nitrogens with zero attached hydrogens (tertiary/aromatic N) is 5. The molecule has 0 bridgehead atoms. The fourth-order valence-electron chi connectivity index (χ4n) is 5.02. The maximum absolute atomic E-state index is 13.7. The summed E-state index contributed by atoms with van der Waals surface area (Å²) in [6, 6.07) is 10.9. The molecule has 4 aromatic rings. The summed E-state index contributed by atoms with van der Waals surface area (Å²) in [6.45, 7) is 7.42. The highest BCUT2D eigenvalue weighted by Gasteiger charge is 2.30. The van der Waals surface area contributed by atoms with E-state index in [9.17, 15) is 14.7 Å². The predicted molar refractivity (Wildman–Crippen MR) is 152 cm³/mol. The number of aliphatic hydroxyl groups is 1. The highest BCUT2D eigenvalue weighted by Crippen LogP contribution is 2.33. The van der Waals surface area contributed by atoms with E-state index < -0.39 is 0 Å². The van der Waals surface area contributed by atoms with Gasteiger partial charge in [-0.3, -0.25) is 14.5 Å². The van der Waals surface area contributed by atoms with Gasteiger partial charge in [0.05, 0.1) is 6.61 Å². The summed E-state index contributed by atoms with van der Waals surface area (Å²) in [6.07, 6.45) is 9.03.